The van der Waals surface area contributed by atoms with Crippen molar-refractivity contribution < 1.29 is 19.1 Å². The summed E-state index contributed by atoms with van der Waals surface area (Å²) in [4.78, 5) is 39.5. The highest BCUT2D eigenvalue weighted by Crippen LogP contribution is 2.32. The van der Waals surface area contributed by atoms with Crippen molar-refractivity contribution in [1.82, 2.24) is 5.32 Å². The summed E-state index contributed by atoms with van der Waals surface area (Å²) >= 11 is 6.26. The van der Waals surface area contributed by atoms with Gasteiger partial charge in [-0.05, 0) is 73.5 Å². The number of nitrogens with one attached hydrogen (secondary N) is 2. The number of hydrogen-bond acceptors (Lipinski definition) is 5. The molecule has 1 fully saturated rings. The quantitative estimate of drug-likeness (QED) is 0.378. The normalized spacial score (nSPS) is 16.2. The van der Waals surface area contributed by atoms with E-state index in [1.165, 1.54) is 6.42 Å². The van der Waals surface area contributed by atoms with Crippen molar-refractivity contribution in [1.29, 1.82) is 0 Å². The van der Waals surface area contributed by atoms with Crippen LogP contribution in [0.4, 0.5) is 11.4 Å². The Bertz CT molecular complexity index is 1330. The Morgan fingerprint density at radius 2 is 1.46 bits per heavy atom. The molecule has 37 heavy (non-hydrogen) atoms. The standard InChI is InChI=1S/C29H26ClN3O4/c30-25-26(31-21-13-11-19(12-14-21)27(34)32-20-7-3-1-4-8-20)29(36)33(28(25)35)22-15-17-24(18-16-22)37-23-9-5-2-6-10-23/h2,5-6,9-18,20,31H,1,3-4,7-8H2,(H,32,34). The number of hydrogen-bond donors (Lipinski definition) is 2. The van der Waals surface area contributed by atoms with E-state index in [1.54, 1.807) is 48.5 Å². The lowest BCUT2D eigenvalue weighted by molar-refractivity contribution is -0.120. The van der Waals surface area contributed by atoms with E-state index in [1.807, 2.05) is 30.3 Å². The molecule has 0 spiro atoms. The number of benzene rings is 3. The topological polar surface area (TPSA) is 87.7 Å². The van der Waals surface area contributed by atoms with Gasteiger partial charge in [-0.15, -0.1) is 0 Å². The number of anilines is 2. The fraction of sp³-hybridized carbons (Fsp3) is 0.207. The van der Waals surface area contributed by atoms with Crippen LogP contribution in [0.3, 0.4) is 0 Å². The Balaban J connectivity index is 1.24. The lowest BCUT2D eigenvalue weighted by Gasteiger charge is -2.22. The molecule has 0 atom stereocenters. The molecule has 1 saturated carbocycles. The number of carbonyl (C=O) groups excluding carboxylic acids is 3. The van der Waals surface area contributed by atoms with Gasteiger partial charge in [0, 0.05) is 17.3 Å². The van der Waals surface area contributed by atoms with Crippen LogP contribution < -0.4 is 20.3 Å². The molecule has 3 aromatic carbocycles. The van der Waals surface area contributed by atoms with Crippen molar-refractivity contribution in [2.24, 2.45) is 0 Å². The molecule has 0 bridgehead atoms. The first-order valence-electron chi connectivity index (χ1n) is 12.3. The number of amides is 3. The first-order chi connectivity index (χ1) is 18.0. The fourth-order valence-corrected chi connectivity index (χ4v) is 4.71. The molecular weight excluding hydrogens is 490 g/mol. The van der Waals surface area contributed by atoms with Crippen molar-refractivity contribution in [3.8, 4) is 11.5 Å². The third-order valence-electron chi connectivity index (χ3n) is 6.46. The number of nitrogens with zero attached hydrogens (tertiary/aromatic N) is 1. The number of para-hydroxylation sites is 1. The Morgan fingerprint density at radius 3 is 2.14 bits per heavy atom. The summed E-state index contributed by atoms with van der Waals surface area (Å²) in [5.41, 5.74) is 1.43. The minimum Gasteiger partial charge on any atom is -0.457 e. The van der Waals surface area contributed by atoms with Gasteiger partial charge in [0.15, 0.2) is 0 Å². The average molecular weight is 516 g/mol. The molecule has 1 aliphatic heterocycles. The maximum atomic E-state index is 13.1. The summed E-state index contributed by atoms with van der Waals surface area (Å²) in [7, 11) is 0. The average Bonchev–Trinajstić information content (AvgIpc) is 3.13. The van der Waals surface area contributed by atoms with Gasteiger partial charge in [-0.3, -0.25) is 14.4 Å². The Morgan fingerprint density at radius 1 is 0.811 bits per heavy atom. The van der Waals surface area contributed by atoms with Crippen LogP contribution in [-0.4, -0.2) is 23.8 Å². The van der Waals surface area contributed by atoms with E-state index in [0.717, 1.165) is 30.6 Å². The van der Waals surface area contributed by atoms with Crippen molar-refractivity contribution in [3.05, 3.63) is 95.2 Å². The van der Waals surface area contributed by atoms with E-state index in [9.17, 15) is 14.4 Å². The minimum absolute atomic E-state index is 0.0179. The zero-order chi connectivity index (χ0) is 25.8. The third kappa shape index (κ3) is 5.52. The highest BCUT2D eigenvalue weighted by Gasteiger charge is 2.39. The largest absolute Gasteiger partial charge is 0.457 e. The molecule has 7 nitrogen and oxygen atoms in total. The van der Waals surface area contributed by atoms with Crippen molar-refractivity contribution >= 4 is 40.7 Å². The number of halogens is 1. The SMILES string of the molecule is O=C(NC1CCCCC1)c1ccc(NC2=C(Cl)C(=O)N(c3ccc(Oc4ccccc4)cc3)C2=O)cc1. The molecule has 0 aromatic heterocycles. The van der Waals surface area contributed by atoms with E-state index < -0.39 is 11.8 Å². The predicted molar refractivity (Wildman–Crippen MR) is 143 cm³/mol. The van der Waals surface area contributed by atoms with E-state index in [0.29, 0.717) is 28.4 Å². The fourth-order valence-electron chi connectivity index (χ4n) is 4.50. The lowest BCUT2D eigenvalue weighted by Crippen LogP contribution is -2.36. The molecule has 1 heterocycles. The predicted octanol–water partition coefficient (Wildman–Crippen LogP) is 5.98. The number of carbonyl (C=O) groups is 3. The van der Waals surface area contributed by atoms with E-state index in [-0.39, 0.29) is 22.7 Å². The molecule has 3 aromatic rings. The molecule has 1 aliphatic carbocycles. The van der Waals surface area contributed by atoms with E-state index >= 15 is 0 Å². The van der Waals surface area contributed by atoms with Gasteiger partial charge in [0.05, 0.1) is 5.69 Å². The monoisotopic (exact) mass is 515 g/mol. The molecule has 0 radical (unpaired) electrons. The summed E-state index contributed by atoms with van der Waals surface area (Å²) in [5, 5.41) is 5.83. The van der Waals surface area contributed by atoms with Gasteiger partial charge in [0.2, 0.25) is 0 Å². The highest BCUT2D eigenvalue weighted by atomic mass is 35.5. The molecule has 188 valence electrons. The van der Waals surface area contributed by atoms with Crippen LogP contribution in [-0.2, 0) is 9.59 Å². The maximum Gasteiger partial charge on any atom is 0.283 e. The minimum atomic E-state index is -0.616. The molecule has 2 N–H and O–H groups in total. The van der Waals surface area contributed by atoms with Crippen LogP contribution in [0.2, 0.25) is 0 Å². The molecular formula is C29H26ClN3O4. The summed E-state index contributed by atoms with van der Waals surface area (Å²) in [6.45, 7) is 0. The molecule has 5 rings (SSSR count). The molecule has 0 saturated heterocycles. The molecule has 2 aliphatic rings. The maximum absolute atomic E-state index is 13.1. The molecule has 8 heteroatoms. The van der Waals surface area contributed by atoms with Crippen molar-refractivity contribution in [3.63, 3.8) is 0 Å². The number of ether oxygens (including phenoxy) is 1. The van der Waals surface area contributed by atoms with Gasteiger partial charge >= 0.3 is 0 Å². The number of imide groups is 1. The second kappa shape index (κ2) is 10.9. The van der Waals surface area contributed by atoms with Crippen molar-refractivity contribution in [2.45, 2.75) is 38.1 Å². The van der Waals surface area contributed by atoms with Crippen LogP contribution in [0.15, 0.2) is 89.6 Å². The van der Waals surface area contributed by atoms with Crippen LogP contribution in [0.5, 0.6) is 11.5 Å². The zero-order valence-corrected chi connectivity index (χ0v) is 20.8. The van der Waals surface area contributed by atoms with Gasteiger partial charge in [-0.1, -0.05) is 49.1 Å². The van der Waals surface area contributed by atoms with Crippen LogP contribution in [0.1, 0.15) is 42.5 Å². The third-order valence-corrected chi connectivity index (χ3v) is 6.81. The lowest BCUT2D eigenvalue weighted by atomic mass is 9.95. The second-order valence-electron chi connectivity index (χ2n) is 9.05. The molecule has 3 amide bonds. The van der Waals surface area contributed by atoms with Crippen LogP contribution >= 0.6 is 11.6 Å². The van der Waals surface area contributed by atoms with Gasteiger partial charge in [0.25, 0.3) is 17.7 Å². The molecule has 0 unspecified atom stereocenters. The Labute approximate surface area is 220 Å². The first kappa shape index (κ1) is 24.6. The highest BCUT2D eigenvalue weighted by molar-refractivity contribution is 6.53. The van der Waals surface area contributed by atoms with Gasteiger partial charge in [-0.25, -0.2) is 4.90 Å². The van der Waals surface area contributed by atoms with Gasteiger partial charge < -0.3 is 15.4 Å². The smallest absolute Gasteiger partial charge is 0.283 e. The first-order valence-corrected chi connectivity index (χ1v) is 12.7. The summed E-state index contributed by atoms with van der Waals surface area (Å²) in [6, 6.07) is 22.9. The summed E-state index contributed by atoms with van der Waals surface area (Å²) < 4.78 is 5.77. The van der Waals surface area contributed by atoms with Crippen molar-refractivity contribution in [2.75, 3.05) is 10.2 Å². The van der Waals surface area contributed by atoms with Crippen LogP contribution in [0, 0.1) is 0 Å². The second-order valence-corrected chi connectivity index (χ2v) is 9.43. The number of rotatable bonds is 7. The van der Waals surface area contributed by atoms with Gasteiger partial charge in [0.1, 0.15) is 22.2 Å². The Kier molecular flexibility index (Phi) is 7.23. The van der Waals surface area contributed by atoms with E-state index in [2.05, 4.69) is 10.6 Å². The summed E-state index contributed by atoms with van der Waals surface area (Å²) in [6.07, 6.45) is 5.51. The van der Waals surface area contributed by atoms with E-state index in [4.69, 9.17) is 16.3 Å². The summed E-state index contributed by atoms with van der Waals surface area (Å²) in [5.74, 6) is -0.0507. The zero-order valence-electron chi connectivity index (χ0n) is 20.1. The van der Waals surface area contributed by atoms with Crippen LogP contribution in [0.25, 0.3) is 0 Å². The van der Waals surface area contributed by atoms with Gasteiger partial charge in [-0.2, -0.15) is 0 Å². The Hall–Kier alpha value is -4.10.